The van der Waals surface area contributed by atoms with Crippen molar-refractivity contribution in [2.24, 2.45) is 0 Å². The maximum absolute atomic E-state index is 3.37. The van der Waals surface area contributed by atoms with Crippen LogP contribution in [0.2, 0.25) is 0 Å². The molecule has 0 amide bonds. The van der Waals surface area contributed by atoms with Crippen molar-refractivity contribution in [2.75, 3.05) is 13.1 Å². The summed E-state index contributed by atoms with van der Waals surface area (Å²) in [6.45, 7) is 6.64. The van der Waals surface area contributed by atoms with Crippen LogP contribution in [-0.2, 0) is 0 Å². The Morgan fingerprint density at radius 2 is 1.38 bits per heavy atom. The first-order valence-electron chi connectivity index (χ1n) is 3.27. The Balaban J connectivity index is 2.28. The van der Waals surface area contributed by atoms with Crippen LogP contribution in [0.25, 0.3) is 0 Å². The van der Waals surface area contributed by atoms with Crippen LogP contribution in [0.5, 0.6) is 0 Å². The zero-order chi connectivity index (χ0) is 5.98. The Morgan fingerprint density at radius 3 is 1.62 bits per heavy atom. The van der Waals surface area contributed by atoms with E-state index in [2.05, 4.69) is 24.5 Å². The maximum Gasteiger partial charge on any atom is 0.0190 e. The molecule has 2 N–H and O–H groups in total. The predicted molar refractivity (Wildman–Crippen MR) is 34.9 cm³/mol. The normalized spacial score (nSPS) is 39.8. The lowest BCUT2D eigenvalue weighted by Crippen LogP contribution is -2.52. The smallest absolute Gasteiger partial charge is 0.0190 e. The molecule has 2 nitrogen and oxygen atoms in total. The minimum Gasteiger partial charge on any atom is -0.311 e. The summed E-state index contributed by atoms with van der Waals surface area (Å²) in [6, 6.07) is 1.28. The summed E-state index contributed by atoms with van der Waals surface area (Å²) in [5.41, 5.74) is 0. The Labute approximate surface area is 50.7 Å². The van der Waals surface area contributed by atoms with E-state index in [0.717, 1.165) is 13.1 Å². The van der Waals surface area contributed by atoms with Crippen LogP contribution in [0.3, 0.4) is 0 Å². The molecule has 0 saturated carbocycles. The van der Waals surface area contributed by atoms with Gasteiger partial charge in [0, 0.05) is 25.2 Å². The first kappa shape index (κ1) is 6.05. The summed E-state index contributed by atoms with van der Waals surface area (Å²) < 4.78 is 0. The Kier molecular flexibility index (Phi) is 1.86. The lowest BCUT2D eigenvalue weighted by atomic mass is 10.1. The van der Waals surface area contributed by atoms with E-state index in [4.69, 9.17) is 0 Å². The molecule has 1 heterocycles. The Morgan fingerprint density at radius 1 is 1.00 bits per heavy atom. The monoisotopic (exact) mass is 114 g/mol. The van der Waals surface area contributed by atoms with Crippen molar-refractivity contribution in [3.8, 4) is 0 Å². The highest BCUT2D eigenvalue weighted by Crippen LogP contribution is 1.93. The van der Waals surface area contributed by atoms with Crippen LogP contribution in [0.15, 0.2) is 0 Å². The predicted octanol–water partition coefficient (Wildman–Crippen LogP) is -0.0438. The molecule has 2 heteroatoms. The summed E-state index contributed by atoms with van der Waals surface area (Å²) in [4.78, 5) is 0. The van der Waals surface area contributed by atoms with Gasteiger partial charge in [-0.05, 0) is 13.8 Å². The van der Waals surface area contributed by atoms with Crippen molar-refractivity contribution in [3.63, 3.8) is 0 Å². The molecule has 0 radical (unpaired) electrons. The van der Waals surface area contributed by atoms with Crippen molar-refractivity contribution < 1.29 is 0 Å². The minimum absolute atomic E-state index is 0.642. The largest absolute Gasteiger partial charge is 0.311 e. The topological polar surface area (TPSA) is 24.1 Å². The van der Waals surface area contributed by atoms with Crippen molar-refractivity contribution >= 4 is 0 Å². The lowest BCUT2D eigenvalue weighted by Gasteiger charge is -2.27. The second-order valence-corrected chi connectivity index (χ2v) is 2.49. The van der Waals surface area contributed by atoms with Crippen molar-refractivity contribution in [1.29, 1.82) is 0 Å². The summed E-state index contributed by atoms with van der Waals surface area (Å²) >= 11 is 0. The fraction of sp³-hybridized carbons (Fsp3) is 1.00. The van der Waals surface area contributed by atoms with Crippen LogP contribution in [0, 0.1) is 0 Å². The van der Waals surface area contributed by atoms with Crippen molar-refractivity contribution in [3.05, 3.63) is 0 Å². The van der Waals surface area contributed by atoms with Crippen LogP contribution < -0.4 is 10.6 Å². The molecule has 1 aliphatic heterocycles. The highest BCUT2D eigenvalue weighted by atomic mass is 15.1. The zero-order valence-electron chi connectivity index (χ0n) is 5.57. The van der Waals surface area contributed by atoms with E-state index in [1.807, 2.05) is 0 Å². The average Bonchev–Trinajstić information content (AvgIpc) is 1.77. The second-order valence-electron chi connectivity index (χ2n) is 2.49. The van der Waals surface area contributed by atoms with Gasteiger partial charge >= 0.3 is 0 Å². The van der Waals surface area contributed by atoms with Gasteiger partial charge in [0.1, 0.15) is 0 Å². The third-order valence-corrected chi connectivity index (χ3v) is 1.81. The molecule has 1 aliphatic rings. The number of nitrogens with one attached hydrogen (secondary N) is 2. The van der Waals surface area contributed by atoms with Gasteiger partial charge < -0.3 is 10.6 Å². The summed E-state index contributed by atoms with van der Waals surface area (Å²) in [5.74, 6) is 0. The van der Waals surface area contributed by atoms with E-state index in [1.165, 1.54) is 0 Å². The molecule has 0 bridgehead atoms. The van der Waals surface area contributed by atoms with Crippen LogP contribution in [0.4, 0.5) is 0 Å². The molecule has 0 aromatic carbocycles. The number of piperazine rings is 1. The van der Waals surface area contributed by atoms with Gasteiger partial charge in [-0.25, -0.2) is 0 Å². The standard InChI is InChI=1S/C6H14N2/c1-5-6(2)8-4-3-7-5/h5-8H,3-4H2,1-2H3/t5-,6-/m1/s1. The maximum atomic E-state index is 3.37. The van der Waals surface area contributed by atoms with Gasteiger partial charge in [0.2, 0.25) is 0 Å². The van der Waals surface area contributed by atoms with Gasteiger partial charge in [-0.1, -0.05) is 0 Å². The molecule has 1 fully saturated rings. The number of rotatable bonds is 0. The van der Waals surface area contributed by atoms with Gasteiger partial charge in [0.15, 0.2) is 0 Å². The van der Waals surface area contributed by atoms with Gasteiger partial charge in [-0.15, -0.1) is 0 Å². The molecule has 8 heavy (non-hydrogen) atoms. The molecule has 1 rings (SSSR count). The molecule has 0 aromatic rings. The molecule has 0 aliphatic carbocycles. The lowest BCUT2D eigenvalue weighted by molar-refractivity contribution is 0.358. The Bertz CT molecular complexity index is 62.9. The van der Waals surface area contributed by atoms with Crippen molar-refractivity contribution in [2.45, 2.75) is 25.9 Å². The van der Waals surface area contributed by atoms with Gasteiger partial charge in [-0.2, -0.15) is 0 Å². The fourth-order valence-electron chi connectivity index (χ4n) is 0.953. The fourth-order valence-corrected chi connectivity index (χ4v) is 0.953. The molecular formula is C6H14N2. The first-order chi connectivity index (χ1) is 3.80. The Hall–Kier alpha value is -0.0800. The van der Waals surface area contributed by atoms with Gasteiger partial charge in [-0.3, -0.25) is 0 Å². The SMILES string of the molecule is C[C@H]1NCCN[C@@H]1C. The highest BCUT2D eigenvalue weighted by molar-refractivity contribution is 4.79. The van der Waals surface area contributed by atoms with Crippen molar-refractivity contribution in [1.82, 2.24) is 10.6 Å². The summed E-state index contributed by atoms with van der Waals surface area (Å²) in [5, 5.41) is 6.74. The average molecular weight is 114 g/mol. The zero-order valence-corrected chi connectivity index (χ0v) is 5.57. The minimum atomic E-state index is 0.642. The third kappa shape index (κ3) is 1.20. The molecule has 0 aromatic heterocycles. The summed E-state index contributed by atoms with van der Waals surface area (Å²) in [6.07, 6.45) is 0. The van der Waals surface area contributed by atoms with Crippen LogP contribution >= 0.6 is 0 Å². The van der Waals surface area contributed by atoms with Crippen LogP contribution in [-0.4, -0.2) is 25.2 Å². The van der Waals surface area contributed by atoms with E-state index >= 15 is 0 Å². The molecule has 48 valence electrons. The van der Waals surface area contributed by atoms with E-state index in [-0.39, 0.29) is 0 Å². The van der Waals surface area contributed by atoms with Gasteiger partial charge in [0.05, 0.1) is 0 Å². The molecular weight excluding hydrogens is 100 g/mol. The molecule has 0 unspecified atom stereocenters. The summed E-state index contributed by atoms with van der Waals surface area (Å²) in [7, 11) is 0. The third-order valence-electron chi connectivity index (χ3n) is 1.81. The molecule has 2 atom stereocenters. The molecule has 1 saturated heterocycles. The second kappa shape index (κ2) is 2.46. The van der Waals surface area contributed by atoms with E-state index in [9.17, 15) is 0 Å². The van der Waals surface area contributed by atoms with E-state index < -0.39 is 0 Å². The molecule has 0 spiro atoms. The number of hydrogen-bond acceptors (Lipinski definition) is 2. The highest BCUT2D eigenvalue weighted by Gasteiger charge is 2.13. The first-order valence-corrected chi connectivity index (χ1v) is 3.27. The van der Waals surface area contributed by atoms with Gasteiger partial charge in [0.25, 0.3) is 0 Å². The van der Waals surface area contributed by atoms with Crippen LogP contribution in [0.1, 0.15) is 13.8 Å². The van der Waals surface area contributed by atoms with E-state index in [0.29, 0.717) is 12.1 Å². The van der Waals surface area contributed by atoms with E-state index in [1.54, 1.807) is 0 Å². The number of hydrogen-bond donors (Lipinski definition) is 2. The quantitative estimate of drug-likeness (QED) is 0.461.